The van der Waals surface area contributed by atoms with E-state index in [-0.39, 0.29) is 5.91 Å². The van der Waals surface area contributed by atoms with Gasteiger partial charge >= 0.3 is 0 Å². The highest BCUT2D eigenvalue weighted by atomic mass is 35.5. The third kappa shape index (κ3) is 7.80. The predicted octanol–water partition coefficient (Wildman–Crippen LogP) is 4.41. The number of hydrogen-bond donors (Lipinski definition) is 2. The van der Waals surface area contributed by atoms with E-state index in [2.05, 4.69) is 23.5 Å². The molecule has 132 valence electrons. The molecule has 1 amide bonds. The highest BCUT2D eigenvalue weighted by Crippen LogP contribution is 2.14. The Balaban J connectivity index is 0.00000139. The smallest absolute Gasteiger partial charge is 0.237 e. The van der Waals surface area contributed by atoms with Gasteiger partial charge in [-0.3, -0.25) is 4.79 Å². The third-order valence-corrected chi connectivity index (χ3v) is 3.97. The molecule has 0 radical (unpaired) electrons. The normalized spacial score (nSPS) is 14.2. The van der Waals surface area contributed by atoms with Crippen LogP contribution >= 0.6 is 11.6 Å². The highest BCUT2D eigenvalue weighted by Gasteiger charge is 2.13. The maximum Gasteiger partial charge on any atom is 0.237 e. The fourth-order valence-corrected chi connectivity index (χ4v) is 2.58. The van der Waals surface area contributed by atoms with Crippen molar-refractivity contribution in [1.82, 2.24) is 5.32 Å². The van der Waals surface area contributed by atoms with Gasteiger partial charge in [-0.25, -0.2) is 0 Å². The van der Waals surface area contributed by atoms with Crippen molar-refractivity contribution in [3.8, 4) is 0 Å². The molecule has 0 aromatic heterocycles. The minimum Gasteiger partial charge on any atom is -0.355 e. The van der Waals surface area contributed by atoms with Crippen molar-refractivity contribution >= 4 is 17.5 Å². The molecule has 0 aliphatic heterocycles. The number of hydrogen-bond acceptors (Lipinski definition) is 2. The highest BCUT2D eigenvalue weighted by molar-refractivity contribution is 6.30. The van der Waals surface area contributed by atoms with E-state index >= 15 is 0 Å². The van der Waals surface area contributed by atoms with Gasteiger partial charge in [-0.15, -0.1) is 0 Å². The number of benzene rings is 1. The summed E-state index contributed by atoms with van der Waals surface area (Å²) < 4.78 is 0. The van der Waals surface area contributed by atoms with E-state index in [1.165, 1.54) is 5.57 Å². The molecule has 1 aliphatic rings. The van der Waals surface area contributed by atoms with Crippen LogP contribution in [0.2, 0.25) is 5.02 Å². The maximum atomic E-state index is 12.0. The molecule has 0 bridgehead atoms. The summed E-state index contributed by atoms with van der Waals surface area (Å²) in [5.41, 5.74) is 8.33. The lowest BCUT2D eigenvalue weighted by Gasteiger charge is -2.13. The zero-order chi connectivity index (χ0) is 17.8. The Labute approximate surface area is 151 Å². The summed E-state index contributed by atoms with van der Waals surface area (Å²) >= 11 is 5.84. The van der Waals surface area contributed by atoms with Crippen LogP contribution in [0.25, 0.3) is 0 Å². The van der Waals surface area contributed by atoms with Crippen LogP contribution in [0, 0.1) is 0 Å². The molecule has 3 nitrogen and oxygen atoms in total. The molecule has 0 heterocycles. The number of allylic oxidation sites excluding steroid dienone is 4. The van der Waals surface area contributed by atoms with E-state index in [0.717, 1.165) is 31.2 Å². The van der Waals surface area contributed by atoms with E-state index in [1.807, 2.05) is 38.1 Å². The fraction of sp³-hybridized carbons (Fsp3) is 0.450. The van der Waals surface area contributed by atoms with E-state index in [1.54, 1.807) is 0 Å². The Morgan fingerprint density at radius 1 is 1.25 bits per heavy atom. The van der Waals surface area contributed by atoms with Crippen LogP contribution in [0.15, 0.2) is 48.1 Å². The molecule has 1 aromatic rings. The van der Waals surface area contributed by atoms with Crippen LogP contribution < -0.4 is 11.1 Å². The van der Waals surface area contributed by atoms with Crippen LogP contribution in [0.3, 0.4) is 0 Å². The Morgan fingerprint density at radius 2 is 1.96 bits per heavy atom. The number of rotatable bonds is 7. The Hall–Kier alpha value is -1.58. The summed E-state index contributed by atoms with van der Waals surface area (Å²) in [6.07, 6.45) is 11.4. The molecular weight excluding hydrogens is 320 g/mol. The quantitative estimate of drug-likeness (QED) is 0.717. The SMILES string of the molecule is CC.N[C@@H](Cc1ccc(Cl)cc1)C(=O)NCCCC1=CCCC=C1. The molecule has 1 atom stereocenters. The van der Waals surface area contributed by atoms with Crippen LogP contribution in [0.5, 0.6) is 0 Å². The van der Waals surface area contributed by atoms with Crippen molar-refractivity contribution in [3.05, 3.63) is 58.7 Å². The van der Waals surface area contributed by atoms with Crippen LogP contribution in [0.1, 0.15) is 45.1 Å². The molecule has 2 rings (SSSR count). The Morgan fingerprint density at radius 3 is 2.58 bits per heavy atom. The molecule has 1 aliphatic carbocycles. The average Bonchev–Trinajstić information content (AvgIpc) is 2.63. The van der Waals surface area contributed by atoms with Gasteiger partial charge in [0, 0.05) is 11.6 Å². The first kappa shape index (κ1) is 20.5. The molecule has 24 heavy (non-hydrogen) atoms. The standard InChI is InChI=1S/C18H23ClN2O.C2H6/c19-16-10-8-15(9-11-16)13-17(20)18(22)21-12-4-7-14-5-2-1-3-6-14;1-2/h2,5-6,8-11,17H,1,3-4,7,12-13,20H2,(H,21,22);1-2H3/t17-;/m0./s1. The first-order valence-electron chi connectivity index (χ1n) is 8.78. The maximum absolute atomic E-state index is 12.0. The van der Waals surface area contributed by atoms with Crippen molar-refractivity contribution in [2.24, 2.45) is 5.73 Å². The second-order valence-electron chi connectivity index (χ2n) is 5.59. The van der Waals surface area contributed by atoms with Crippen molar-refractivity contribution in [2.75, 3.05) is 6.54 Å². The molecule has 4 heteroatoms. The first-order chi connectivity index (χ1) is 11.6. The van der Waals surface area contributed by atoms with Gasteiger partial charge in [0.2, 0.25) is 5.91 Å². The summed E-state index contributed by atoms with van der Waals surface area (Å²) in [5, 5.41) is 3.60. The van der Waals surface area contributed by atoms with Crippen LogP contribution in [-0.4, -0.2) is 18.5 Å². The summed E-state index contributed by atoms with van der Waals surface area (Å²) in [7, 11) is 0. The minimum atomic E-state index is -0.519. The van der Waals surface area contributed by atoms with Gasteiger partial charge < -0.3 is 11.1 Å². The number of nitrogens with one attached hydrogen (secondary N) is 1. The lowest BCUT2D eigenvalue weighted by Crippen LogP contribution is -2.42. The molecule has 1 aromatic carbocycles. The summed E-state index contributed by atoms with van der Waals surface area (Å²) in [5.74, 6) is -0.0943. The number of amides is 1. The number of halogens is 1. The van der Waals surface area contributed by atoms with E-state index in [9.17, 15) is 4.79 Å². The third-order valence-electron chi connectivity index (χ3n) is 3.72. The fourth-order valence-electron chi connectivity index (χ4n) is 2.46. The van der Waals surface area contributed by atoms with Gasteiger partial charge in [0.25, 0.3) is 0 Å². The second-order valence-corrected chi connectivity index (χ2v) is 6.03. The molecule has 0 spiro atoms. The molecule has 0 saturated heterocycles. The van der Waals surface area contributed by atoms with E-state index in [4.69, 9.17) is 17.3 Å². The van der Waals surface area contributed by atoms with E-state index < -0.39 is 6.04 Å². The van der Waals surface area contributed by atoms with Crippen LogP contribution in [0.4, 0.5) is 0 Å². The monoisotopic (exact) mass is 348 g/mol. The van der Waals surface area contributed by atoms with Crippen molar-refractivity contribution in [3.63, 3.8) is 0 Å². The number of nitrogens with two attached hydrogens (primary N) is 1. The summed E-state index contributed by atoms with van der Waals surface area (Å²) in [6, 6.07) is 6.91. The predicted molar refractivity (Wildman–Crippen MR) is 103 cm³/mol. The van der Waals surface area contributed by atoms with Crippen molar-refractivity contribution in [1.29, 1.82) is 0 Å². The van der Waals surface area contributed by atoms with Crippen molar-refractivity contribution < 1.29 is 4.79 Å². The van der Waals surface area contributed by atoms with Gasteiger partial charge in [0.05, 0.1) is 6.04 Å². The Bertz CT molecular complexity index is 549. The van der Waals surface area contributed by atoms with Gasteiger partial charge in [-0.05, 0) is 49.8 Å². The summed E-state index contributed by atoms with van der Waals surface area (Å²) in [6.45, 7) is 4.67. The number of carbonyl (C=O) groups is 1. The second kappa shape index (κ2) is 11.9. The number of carbonyl (C=O) groups excluding carboxylic acids is 1. The van der Waals surface area contributed by atoms with Gasteiger partial charge in [0.15, 0.2) is 0 Å². The molecule has 0 fully saturated rings. The van der Waals surface area contributed by atoms with Gasteiger partial charge in [-0.1, -0.05) is 61.4 Å². The van der Waals surface area contributed by atoms with Gasteiger partial charge in [-0.2, -0.15) is 0 Å². The topological polar surface area (TPSA) is 55.1 Å². The average molecular weight is 349 g/mol. The first-order valence-corrected chi connectivity index (χ1v) is 9.16. The van der Waals surface area contributed by atoms with Crippen LogP contribution in [-0.2, 0) is 11.2 Å². The zero-order valence-corrected chi connectivity index (χ0v) is 15.5. The molecule has 0 saturated carbocycles. The largest absolute Gasteiger partial charge is 0.355 e. The lowest BCUT2D eigenvalue weighted by molar-refractivity contribution is -0.122. The molecule has 0 unspecified atom stereocenters. The van der Waals surface area contributed by atoms with E-state index in [0.29, 0.717) is 18.0 Å². The van der Waals surface area contributed by atoms with Crippen molar-refractivity contribution in [2.45, 2.75) is 52.0 Å². The Kier molecular flexibility index (Phi) is 10.1. The molecule has 3 N–H and O–H groups in total. The molecular formula is C20H29ClN2O. The zero-order valence-electron chi connectivity index (χ0n) is 14.7. The lowest BCUT2D eigenvalue weighted by atomic mass is 10.0. The van der Waals surface area contributed by atoms with Gasteiger partial charge in [0.1, 0.15) is 0 Å². The minimum absolute atomic E-state index is 0.0943. The summed E-state index contributed by atoms with van der Waals surface area (Å²) in [4.78, 5) is 12.0.